The largest absolute Gasteiger partial charge is 0.398 e. The molecule has 1 saturated heterocycles. The number of hydrogen-bond donors (Lipinski definition) is 1. The molecular formula is C16H24N4O. The maximum Gasteiger partial charge on any atom is 0.242 e. The van der Waals surface area contributed by atoms with Crippen LogP contribution in [0, 0.1) is 6.92 Å². The number of fused-ring (bicyclic) bond motifs is 1. The number of nitrogens with two attached hydrogens (primary N) is 1. The van der Waals surface area contributed by atoms with Crippen LogP contribution in [-0.2, 0) is 11.2 Å². The van der Waals surface area contributed by atoms with Crippen LogP contribution in [0.4, 0.5) is 11.4 Å². The lowest BCUT2D eigenvalue weighted by Crippen LogP contribution is -2.50. The molecule has 1 aromatic carbocycles. The van der Waals surface area contributed by atoms with Crippen LogP contribution in [0.15, 0.2) is 12.1 Å². The first-order chi connectivity index (χ1) is 10.0. The van der Waals surface area contributed by atoms with Crippen molar-refractivity contribution in [2.45, 2.75) is 13.3 Å². The normalized spacial score (nSPS) is 19.0. The minimum absolute atomic E-state index is 0.232. The van der Waals surface area contributed by atoms with Gasteiger partial charge in [-0.3, -0.25) is 4.79 Å². The van der Waals surface area contributed by atoms with Crippen LogP contribution in [0.3, 0.4) is 0 Å². The molecule has 0 spiro atoms. The highest BCUT2D eigenvalue weighted by Gasteiger charge is 2.25. The Hall–Kier alpha value is -1.75. The molecule has 21 heavy (non-hydrogen) atoms. The van der Waals surface area contributed by atoms with E-state index in [0.717, 1.165) is 56.1 Å². The van der Waals surface area contributed by atoms with Crippen molar-refractivity contribution in [2.24, 2.45) is 0 Å². The summed E-state index contributed by atoms with van der Waals surface area (Å²) in [7, 11) is 2.10. The maximum atomic E-state index is 12.5. The van der Waals surface area contributed by atoms with Gasteiger partial charge in [0.25, 0.3) is 0 Å². The van der Waals surface area contributed by atoms with Crippen molar-refractivity contribution in [1.29, 1.82) is 0 Å². The maximum absolute atomic E-state index is 12.5. The fourth-order valence-corrected chi connectivity index (χ4v) is 3.13. The molecule has 0 aliphatic carbocycles. The molecular weight excluding hydrogens is 264 g/mol. The Morgan fingerprint density at radius 1 is 1.19 bits per heavy atom. The highest BCUT2D eigenvalue weighted by atomic mass is 16.2. The van der Waals surface area contributed by atoms with Crippen LogP contribution in [0.25, 0.3) is 0 Å². The Morgan fingerprint density at radius 3 is 2.62 bits per heavy atom. The SMILES string of the molecule is Cc1cc2c(cc1N)N(CC(=O)N1CCN(C)CC1)CC2. The highest BCUT2D eigenvalue weighted by Crippen LogP contribution is 2.31. The van der Waals surface area contributed by atoms with E-state index in [1.54, 1.807) is 0 Å². The van der Waals surface area contributed by atoms with E-state index in [1.165, 1.54) is 5.56 Å². The van der Waals surface area contributed by atoms with Gasteiger partial charge in [-0.05, 0) is 37.6 Å². The fraction of sp³-hybridized carbons (Fsp3) is 0.562. The summed E-state index contributed by atoms with van der Waals surface area (Å²) in [6.45, 7) is 7.03. The average molecular weight is 288 g/mol. The number of carbonyl (C=O) groups excluding carboxylic acids is 1. The van der Waals surface area contributed by atoms with E-state index in [2.05, 4.69) is 22.9 Å². The van der Waals surface area contributed by atoms with Gasteiger partial charge in [-0.2, -0.15) is 0 Å². The molecule has 0 aromatic heterocycles. The van der Waals surface area contributed by atoms with E-state index in [4.69, 9.17) is 5.73 Å². The second-order valence-electron chi connectivity index (χ2n) is 6.19. The topological polar surface area (TPSA) is 52.8 Å². The van der Waals surface area contributed by atoms with Crippen molar-refractivity contribution >= 4 is 17.3 Å². The van der Waals surface area contributed by atoms with Gasteiger partial charge in [0.15, 0.2) is 0 Å². The Morgan fingerprint density at radius 2 is 1.90 bits per heavy atom. The second-order valence-corrected chi connectivity index (χ2v) is 6.19. The van der Waals surface area contributed by atoms with Gasteiger partial charge in [-0.25, -0.2) is 0 Å². The van der Waals surface area contributed by atoms with Crippen molar-refractivity contribution in [3.8, 4) is 0 Å². The molecule has 2 aliphatic rings. The summed E-state index contributed by atoms with van der Waals surface area (Å²) in [6.07, 6.45) is 1.01. The van der Waals surface area contributed by atoms with E-state index < -0.39 is 0 Å². The van der Waals surface area contributed by atoms with Crippen LogP contribution < -0.4 is 10.6 Å². The number of aryl methyl sites for hydroxylation is 1. The Labute approximate surface area is 126 Å². The number of benzene rings is 1. The predicted octanol–water partition coefficient (Wildman–Crippen LogP) is 0.714. The first-order valence-electron chi connectivity index (χ1n) is 7.65. The number of amides is 1. The summed E-state index contributed by atoms with van der Waals surface area (Å²) >= 11 is 0. The van der Waals surface area contributed by atoms with E-state index >= 15 is 0 Å². The molecule has 114 valence electrons. The summed E-state index contributed by atoms with van der Waals surface area (Å²) < 4.78 is 0. The van der Waals surface area contributed by atoms with Crippen LogP contribution in [0.1, 0.15) is 11.1 Å². The number of anilines is 2. The van der Waals surface area contributed by atoms with Crippen LogP contribution in [0.2, 0.25) is 0 Å². The quantitative estimate of drug-likeness (QED) is 0.815. The van der Waals surface area contributed by atoms with Gasteiger partial charge in [0.05, 0.1) is 6.54 Å². The summed E-state index contributed by atoms with van der Waals surface area (Å²) in [5.74, 6) is 0.232. The van der Waals surface area contributed by atoms with Crippen LogP contribution in [-0.4, -0.2) is 62.0 Å². The summed E-state index contributed by atoms with van der Waals surface area (Å²) in [5.41, 5.74) is 10.4. The smallest absolute Gasteiger partial charge is 0.242 e. The lowest BCUT2D eigenvalue weighted by molar-refractivity contribution is -0.131. The molecule has 0 radical (unpaired) electrons. The molecule has 1 aromatic rings. The number of rotatable bonds is 2. The number of nitrogens with zero attached hydrogens (tertiary/aromatic N) is 3. The molecule has 1 fully saturated rings. The van der Waals surface area contributed by atoms with Gasteiger partial charge in [-0.15, -0.1) is 0 Å². The molecule has 2 aliphatic heterocycles. The molecule has 3 rings (SSSR count). The molecule has 0 unspecified atom stereocenters. The standard InChI is InChI=1S/C16H24N4O/c1-12-9-13-3-4-20(15(13)10-14(12)17)11-16(21)19-7-5-18(2)6-8-19/h9-10H,3-8,11,17H2,1-2H3. The zero-order valence-electron chi connectivity index (χ0n) is 12.9. The molecule has 1 amide bonds. The lowest BCUT2D eigenvalue weighted by atomic mass is 10.1. The minimum Gasteiger partial charge on any atom is -0.398 e. The van der Waals surface area contributed by atoms with E-state index in [9.17, 15) is 4.79 Å². The van der Waals surface area contributed by atoms with E-state index in [1.807, 2.05) is 17.9 Å². The van der Waals surface area contributed by atoms with Crippen LogP contribution >= 0.6 is 0 Å². The van der Waals surface area contributed by atoms with Crippen molar-refractivity contribution < 1.29 is 4.79 Å². The third-order valence-corrected chi connectivity index (χ3v) is 4.64. The first-order valence-corrected chi connectivity index (χ1v) is 7.65. The number of nitrogen functional groups attached to an aromatic ring is 1. The first kappa shape index (κ1) is 14.2. The fourth-order valence-electron chi connectivity index (χ4n) is 3.13. The molecule has 2 N–H and O–H groups in total. The average Bonchev–Trinajstić information content (AvgIpc) is 2.82. The Kier molecular flexibility index (Phi) is 3.76. The Bertz CT molecular complexity index is 549. The number of piperazine rings is 1. The second kappa shape index (κ2) is 5.56. The van der Waals surface area contributed by atoms with Gasteiger partial charge >= 0.3 is 0 Å². The van der Waals surface area contributed by atoms with Gasteiger partial charge in [0.1, 0.15) is 0 Å². The summed E-state index contributed by atoms with van der Waals surface area (Å²) in [5, 5.41) is 0. The molecule has 0 atom stereocenters. The van der Waals surface area contributed by atoms with Crippen molar-refractivity contribution in [2.75, 3.05) is 56.9 Å². The molecule has 5 heteroatoms. The van der Waals surface area contributed by atoms with Gasteiger partial charge < -0.3 is 20.4 Å². The zero-order chi connectivity index (χ0) is 15.0. The van der Waals surface area contributed by atoms with Gasteiger partial charge in [0, 0.05) is 44.1 Å². The lowest BCUT2D eigenvalue weighted by Gasteiger charge is -2.33. The summed E-state index contributed by atoms with van der Waals surface area (Å²) in [4.78, 5) is 18.9. The van der Waals surface area contributed by atoms with E-state index in [-0.39, 0.29) is 5.91 Å². The van der Waals surface area contributed by atoms with Crippen molar-refractivity contribution in [3.63, 3.8) is 0 Å². The summed E-state index contributed by atoms with van der Waals surface area (Å²) in [6, 6.07) is 4.18. The molecule has 0 saturated carbocycles. The monoisotopic (exact) mass is 288 g/mol. The number of carbonyl (C=O) groups is 1. The van der Waals surface area contributed by atoms with Gasteiger partial charge in [-0.1, -0.05) is 6.07 Å². The Balaban J connectivity index is 1.68. The van der Waals surface area contributed by atoms with Gasteiger partial charge in [0.2, 0.25) is 5.91 Å². The van der Waals surface area contributed by atoms with Crippen molar-refractivity contribution in [1.82, 2.24) is 9.80 Å². The third-order valence-electron chi connectivity index (χ3n) is 4.64. The van der Waals surface area contributed by atoms with Crippen molar-refractivity contribution in [3.05, 3.63) is 23.3 Å². The van der Waals surface area contributed by atoms with E-state index in [0.29, 0.717) is 6.54 Å². The third kappa shape index (κ3) is 2.83. The highest BCUT2D eigenvalue weighted by molar-refractivity contribution is 5.83. The molecule has 2 heterocycles. The zero-order valence-corrected chi connectivity index (χ0v) is 12.9. The molecule has 5 nitrogen and oxygen atoms in total. The number of hydrogen-bond acceptors (Lipinski definition) is 4. The predicted molar refractivity (Wildman–Crippen MR) is 85.6 cm³/mol. The van der Waals surface area contributed by atoms with Crippen LogP contribution in [0.5, 0.6) is 0 Å². The minimum atomic E-state index is 0.232. The molecule has 0 bridgehead atoms. The number of likely N-dealkylation sites (N-methyl/N-ethyl adjacent to an activating group) is 1.